The minimum absolute atomic E-state index is 0.0000527. The van der Waals surface area contributed by atoms with Gasteiger partial charge in [-0.15, -0.1) is 0 Å². The van der Waals surface area contributed by atoms with Gasteiger partial charge in [-0.2, -0.15) is 13.2 Å². The van der Waals surface area contributed by atoms with Crippen molar-refractivity contribution in [2.75, 3.05) is 19.1 Å². The summed E-state index contributed by atoms with van der Waals surface area (Å²) in [6, 6.07) is 8.68. The molecule has 1 atom stereocenters. The number of imidazole rings is 1. The number of aromatic nitrogens is 3. The second kappa shape index (κ2) is 7.55. The van der Waals surface area contributed by atoms with Gasteiger partial charge in [0.2, 0.25) is 5.16 Å². The van der Waals surface area contributed by atoms with Gasteiger partial charge < -0.3 is 10.2 Å². The van der Waals surface area contributed by atoms with Crippen LogP contribution in [0.4, 0.5) is 13.2 Å². The minimum Gasteiger partial charge on any atom is -0.484 e. The third-order valence-corrected chi connectivity index (χ3v) is 5.09. The van der Waals surface area contributed by atoms with E-state index in [9.17, 15) is 17.4 Å². The number of nitrogens with zero attached hydrogens (tertiary/aromatic N) is 3. The molecule has 0 aliphatic carbocycles. The van der Waals surface area contributed by atoms with Gasteiger partial charge in [0.1, 0.15) is 5.75 Å². The fourth-order valence-electron chi connectivity index (χ4n) is 2.58. The van der Waals surface area contributed by atoms with Gasteiger partial charge in [0, 0.05) is 18.8 Å². The van der Waals surface area contributed by atoms with E-state index in [4.69, 9.17) is 4.74 Å². The first-order valence-electron chi connectivity index (χ1n) is 7.98. The lowest BCUT2D eigenvalue weighted by Gasteiger charge is -2.13. The first-order valence-corrected chi connectivity index (χ1v) is 9.29. The van der Waals surface area contributed by atoms with Crippen LogP contribution in [0.2, 0.25) is 0 Å². The van der Waals surface area contributed by atoms with Gasteiger partial charge in [-0.3, -0.25) is 9.19 Å². The van der Waals surface area contributed by atoms with Crippen LogP contribution in [0.1, 0.15) is 11.3 Å². The van der Waals surface area contributed by atoms with Crippen LogP contribution >= 0.6 is 0 Å². The number of para-hydroxylation sites is 2. The van der Waals surface area contributed by atoms with Gasteiger partial charge >= 0.3 is 6.18 Å². The molecular weight excluding hydrogens is 381 g/mol. The van der Waals surface area contributed by atoms with Crippen LogP contribution in [0, 0.1) is 6.92 Å². The minimum atomic E-state index is -4.43. The molecule has 1 N–H and O–H groups in total. The van der Waals surface area contributed by atoms with Gasteiger partial charge in [-0.05, 0) is 25.1 Å². The molecule has 0 aliphatic rings. The summed E-state index contributed by atoms with van der Waals surface area (Å²) < 4.78 is 56.5. The van der Waals surface area contributed by atoms with Gasteiger partial charge in [0.05, 0.1) is 33.3 Å². The summed E-state index contributed by atoms with van der Waals surface area (Å²) in [6.45, 7) is 0.197. The third kappa shape index (κ3) is 4.21. The number of hydrogen-bond acceptors (Lipinski definition) is 5. The molecule has 0 saturated heterocycles. The number of pyridine rings is 1. The molecule has 0 saturated carbocycles. The Balaban J connectivity index is 1.86. The fraction of sp³-hybridized carbons (Fsp3) is 0.294. The summed E-state index contributed by atoms with van der Waals surface area (Å²) in [4.78, 5) is 8.54. The lowest BCUT2D eigenvalue weighted by atomic mass is 10.2. The molecule has 3 rings (SSSR count). The van der Waals surface area contributed by atoms with Crippen LogP contribution in [0.15, 0.2) is 41.7 Å². The van der Waals surface area contributed by atoms with E-state index in [2.05, 4.69) is 15.4 Å². The fourth-order valence-corrected chi connectivity index (χ4v) is 3.84. The molecule has 10 heteroatoms. The Morgan fingerprint density at radius 2 is 2.00 bits per heavy atom. The normalized spacial score (nSPS) is 12.9. The Hall–Kier alpha value is -2.62. The van der Waals surface area contributed by atoms with E-state index in [0.717, 1.165) is 5.52 Å². The van der Waals surface area contributed by atoms with Crippen molar-refractivity contribution in [2.24, 2.45) is 0 Å². The molecule has 1 aromatic carbocycles. The number of ether oxygens (including phenoxy) is 1. The predicted molar refractivity (Wildman–Crippen MR) is 95.7 cm³/mol. The zero-order chi connectivity index (χ0) is 19.6. The first kappa shape index (κ1) is 19.2. The van der Waals surface area contributed by atoms with Crippen LogP contribution in [0.25, 0.3) is 11.0 Å². The zero-order valence-electron chi connectivity index (χ0n) is 14.6. The summed E-state index contributed by atoms with van der Waals surface area (Å²) in [5.74, 6) is 0.0662. The Bertz CT molecular complexity index is 988. The van der Waals surface area contributed by atoms with Crippen molar-refractivity contribution >= 4 is 21.8 Å². The molecule has 0 bridgehead atoms. The number of alkyl halides is 3. The highest BCUT2D eigenvalue weighted by atomic mass is 32.2. The summed E-state index contributed by atoms with van der Waals surface area (Å²) in [6.07, 6.45) is -3.09. The van der Waals surface area contributed by atoms with Crippen molar-refractivity contribution in [3.05, 3.63) is 47.8 Å². The SMILES string of the molecule is CNn1c(S(=O)Cc2nccc(OCC(F)(F)F)c2C)nc2ccccc21. The molecule has 1 unspecified atom stereocenters. The molecule has 0 radical (unpaired) electrons. The molecule has 0 aliphatic heterocycles. The van der Waals surface area contributed by atoms with Crippen molar-refractivity contribution in [3.8, 4) is 5.75 Å². The van der Waals surface area contributed by atoms with Crippen LogP contribution in [0.3, 0.4) is 0 Å². The van der Waals surface area contributed by atoms with Crippen LogP contribution in [-0.2, 0) is 16.6 Å². The second-order valence-corrected chi connectivity index (χ2v) is 7.06. The van der Waals surface area contributed by atoms with E-state index in [1.807, 2.05) is 18.2 Å². The van der Waals surface area contributed by atoms with Crippen molar-refractivity contribution < 1.29 is 22.1 Å². The predicted octanol–water partition coefficient (Wildman–Crippen LogP) is 3.16. The van der Waals surface area contributed by atoms with E-state index < -0.39 is 23.6 Å². The summed E-state index contributed by atoms with van der Waals surface area (Å²) in [7, 11) is 0.115. The van der Waals surface area contributed by atoms with Crippen LogP contribution < -0.4 is 10.2 Å². The number of halogens is 3. The molecular formula is C17H17F3N4O2S. The maximum atomic E-state index is 12.9. The smallest absolute Gasteiger partial charge is 0.422 e. The van der Waals surface area contributed by atoms with Crippen molar-refractivity contribution in [1.29, 1.82) is 0 Å². The second-order valence-electron chi connectivity index (χ2n) is 5.72. The van der Waals surface area contributed by atoms with E-state index in [-0.39, 0.29) is 11.5 Å². The quantitative estimate of drug-likeness (QED) is 0.691. The standard InChI is InChI=1S/C17H17F3N4O2S/c1-11-13(22-8-7-15(11)26-10-17(18,19)20)9-27(25)16-23-12-5-3-4-6-14(12)24(16)21-2/h3-8,21H,9-10H2,1-2H3. The monoisotopic (exact) mass is 398 g/mol. The van der Waals surface area contributed by atoms with Gasteiger partial charge in [0.15, 0.2) is 6.61 Å². The van der Waals surface area contributed by atoms with Crippen molar-refractivity contribution in [3.63, 3.8) is 0 Å². The molecule has 0 fully saturated rings. The van der Waals surface area contributed by atoms with E-state index in [0.29, 0.717) is 21.9 Å². The van der Waals surface area contributed by atoms with E-state index >= 15 is 0 Å². The summed E-state index contributed by atoms with van der Waals surface area (Å²) in [5, 5.41) is 0.307. The number of benzene rings is 1. The van der Waals surface area contributed by atoms with Gasteiger partial charge in [0.25, 0.3) is 0 Å². The molecule has 3 aromatic rings. The van der Waals surface area contributed by atoms with Crippen molar-refractivity contribution in [1.82, 2.24) is 14.6 Å². The molecule has 144 valence electrons. The third-order valence-electron chi connectivity index (χ3n) is 3.88. The molecule has 0 spiro atoms. The zero-order valence-corrected chi connectivity index (χ0v) is 15.4. The maximum absolute atomic E-state index is 12.9. The first-order chi connectivity index (χ1) is 12.8. The topological polar surface area (TPSA) is 69.0 Å². The molecule has 2 aromatic heterocycles. The van der Waals surface area contributed by atoms with Gasteiger partial charge in [-0.1, -0.05) is 12.1 Å². The molecule has 27 heavy (non-hydrogen) atoms. The van der Waals surface area contributed by atoms with Crippen LogP contribution in [-0.4, -0.2) is 38.7 Å². The van der Waals surface area contributed by atoms with E-state index in [1.165, 1.54) is 12.3 Å². The van der Waals surface area contributed by atoms with E-state index in [1.54, 1.807) is 24.7 Å². The average molecular weight is 398 g/mol. The highest BCUT2D eigenvalue weighted by molar-refractivity contribution is 7.84. The highest BCUT2D eigenvalue weighted by Crippen LogP contribution is 2.25. The number of rotatable bonds is 6. The lowest BCUT2D eigenvalue weighted by molar-refractivity contribution is -0.153. The number of hydrogen-bond donors (Lipinski definition) is 1. The summed E-state index contributed by atoms with van der Waals surface area (Å²) >= 11 is 0. The number of fused-ring (bicyclic) bond motifs is 1. The molecule has 6 nitrogen and oxygen atoms in total. The lowest BCUT2D eigenvalue weighted by Crippen LogP contribution is -2.20. The highest BCUT2D eigenvalue weighted by Gasteiger charge is 2.29. The largest absolute Gasteiger partial charge is 0.484 e. The van der Waals surface area contributed by atoms with Gasteiger partial charge in [-0.25, -0.2) is 9.66 Å². The Morgan fingerprint density at radius 1 is 1.26 bits per heavy atom. The van der Waals surface area contributed by atoms with Crippen molar-refractivity contribution in [2.45, 2.75) is 24.0 Å². The Labute approximate surface area is 155 Å². The summed E-state index contributed by atoms with van der Waals surface area (Å²) in [5.41, 5.74) is 5.21. The number of nitrogens with one attached hydrogen (secondary N) is 1. The maximum Gasteiger partial charge on any atom is 0.422 e. The molecule has 2 heterocycles. The average Bonchev–Trinajstić information content (AvgIpc) is 3.00. The molecule has 0 amide bonds. The Kier molecular flexibility index (Phi) is 5.36. The Morgan fingerprint density at radius 3 is 2.70 bits per heavy atom. The van der Waals surface area contributed by atoms with Crippen LogP contribution in [0.5, 0.6) is 5.75 Å².